The summed E-state index contributed by atoms with van der Waals surface area (Å²) in [6, 6.07) is 3.78. The molecule has 0 spiro atoms. The van der Waals surface area contributed by atoms with E-state index in [1.807, 2.05) is 17.5 Å². The van der Waals surface area contributed by atoms with Gasteiger partial charge >= 0.3 is 0 Å². The van der Waals surface area contributed by atoms with Gasteiger partial charge in [-0.1, -0.05) is 6.07 Å². The van der Waals surface area contributed by atoms with Gasteiger partial charge in [0.15, 0.2) is 5.13 Å². The predicted octanol–water partition coefficient (Wildman–Crippen LogP) is 2.85. The fourth-order valence-electron chi connectivity index (χ4n) is 3.60. The van der Waals surface area contributed by atoms with Crippen LogP contribution in [0.2, 0.25) is 0 Å². The topological polar surface area (TPSA) is 84.4 Å². The summed E-state index contributed by atoms with van der Waals surface area (Å²) in [5, 5.41) is 5.46. The molecule has 1 aliphatic carbocycles. The maximum Gasteiger partial charge on any atom is 0.228 e. The molecule has 2 aromatic heterocycles. The SMILES string of the molecule is O=C(Cc1csc(N2CCCC2=O)n1)NCc1cccnc1OC1CCCC1. The number of hydrogen-bond donors (Lipinski definition) is 1. The molecule has 2 amide bonds. The summed E-state index contributed by atoms with van der Waals surface area (Å²) in [7, 11) is 0. The van der Waals surface area contributed by atoms with Crippen molar-refractivity contribution in [1.82, 2.24) is 15.3 Å². The summed E-state index contributed by atoms with van der Waals surface area (Å²) < 4.78 is 6.02. The van der Waals surface area contributed by atoms with E-state index < -0.39 is 0 Å². The average molecular weight is 401 g/mol. The van der Waals surface area contributed by atoms with Crippen molar-refractivity contribution >= 4 is 28.3 Å². The van der Waals surface area contributed by atoms with E-state index >= 15 is 0 Å². The quantitative estimate of drug-likeness (QED) is 0.773. The second-order valence-electron chi connectivity index (χ2n) is 7.22. The molecule has 4 rings (SSSR count). The predicted molar refractivity (Wildman–Crippen MR) is 106 cm³/mol. The van der Waals surface area contributed by atoms with Crippen molar-refractivity contribution < 1.29 is 14.3 Å². The molecular formula is C20H24N4O3S. The number of aromatic nitrogens is 2. The molecule has 3 heterocycles. The minimum Gasteiger partial charge on any atom is -0.474 e. The van der Waals surface area contributed by atoms with Crippen molar-refractivity contribution in [3.63, 3.8) is 0 Å². The number of thiazole rings is 1. The van der Waals surface area contributed by atoms with Crippen LogP contribution in [0.4, 0.5) is 5.13 Å². The van der Waals surface area contributed by atoms with Crippen LogP contribution in [-0.4, -0.2) is 34.4 Å². The van der Waals surface area contributed by atoms with E-state index in [9.17, 15) is 9.59 Å². The summed E-state index contributed by atoms with van der Waals surface area (Å²) in [5.74, 6) is 0.607. The van der Waals surface area contributed by atoms with Gasteiger partial charge in [0.1, 0.15) is 6.10 Å². The minimum absolute atomic E-state index is 0.108. The first-order valence-corrected chi connectivity index (χ1v) is 10.7. The lowest BCUT2D eigenvalue weighted by Gasteiger charge is -2.15. The lowest BCUT2D eigenvalue weighted by molar-refractivity contribution is -0.120. The van der Waals surface area contributed by atoms with E-state index in [-0.39, 0.29) is 24.3 Å². The molecule has 7 nitrogen and oxygen atoms in total. The highest BCUT2D eigenvalue weighted by Crippen LogP contribution is 2.26. The Morgan fingerprint density at radius 3 is 2.96 bits per heavy atom. The van der Waals surface area contributed by atoms with Crippen LogP contribution in [0.5, 0.6) is 5.88 Å². The van der Waals surface area contributed by atoms with Crippen LogP contribution >= 0.6 is 11.3 Å². The first-order chi connectivity index (χ1) is 13.7. The highest BCUT2D eigenvalue weighted by molar-refractivity contribution is 7.14. The van der Waals surface area contributed by atoms with Crippen molar-refractivity contribution in [2.75, 3.05) is 11.4 Å². The van der Waals surface area contributed by atoms with E-state index in [0.29, 0.717) is 36.2 Å². The molecule has 1 N–H and O–H groups in total. The molecule has 0 radical (unpaired) electrons. The molecule has 0 aromatic carbocycles. The summed E-state index contributed by atoms with van der Waals surface area (Å²) in [6.45, 7) is 1.08. The lowest BCUT2D eigenvalue weighted by Crippen LogP contribution is -2.26. The third kappa shape index (κ3) is 4.49. The van der Waals surface area contributed by atoms with Crippen molar-refractivity contribution in [2.45, 2.75) is 57.6 Å². The van der Waals surface area contributed by atoms with E-state index in [0.717, 1.165) is 24.8 Å². The number of nitrogens with zero attached hydrogens (tertiary/aromatic N) is 3. The Morgan fingerprint density at radius 1 is 1.32 bits per heavy atom. The molecule has 1 saturated carbocycles. The lowest BCUT2D eigenvalue weighted by atomic mass is 10.2. The molecule has 0 bridgehead atoms. The Labute approximate surface area is 168 Å². The molecule has 2 aromatic rings. The van der Waals surface area contributed by atoms with Crippen LogP contribution < -0.4 is 15.0 Å². The van der Waals surface area contributed by atoms with E-state index in [2.05, 4.69) is 15.3 Å². The molecule has 0 unspecified atom stereocenters. The number of carbonyl (C=O) groups excluding carboxylic acids is 2. The second-order valence-corrected chi connectivity index (χ2v) is 8.05. The van der Waals surface area contributed by atoms with Gasteiger partial charge in [-0.25, -0.2) is 9.97 Å². The molecule has 1 aliphatic heterocycles. The number of pyridine rings is 1. The number of hydrogen-bond acceptors (Lipinski definition) is 6. The number of ether oxygens (including phenoxy) is 1. The van der Waals surface area contributed by atoms with Crippen molar-refractivity contribution in [3.8, 4) is 5.88 Å². The van der Waals surface area contributed by atoms with Gasteiger partial charge in [-0.3, -0.25) is 14.5 Å². The number of rotatable bonds is 7. The van der Waals surface area contributed by atoms with Crippen LogP contribution in [0.15, 0.2) is 23.7 Å². The van der Waals surface area contributed by atoms with Crippen molar-refractivity contribution in [2.24, 2.45) is 0 Å². The molecule has 8 heteroatoms. The molecule has 1 saturated heterocycles. The second kappa shape index (κ2) is 8.68. The third-order valence-electron chi connectivity index (χ3n) is 5.09. The molecular weight excluding hydrogens is 376 g/mol. The summed E-state index contributed by atoms with van der Waals surface area (Å²) in [6.07, 6.45) is 8.10. The van der Waals surface area contributed by atoms with Crippen LogP contribution in [0.25, 0.3) is 0 Å². The van der Waals surface area contributed by atoms with Crippen LogP contribution in [0.3, 0.4) is 0 Å². The summed E-state index contributed by atoms with van der Waals surface area (Å²) in [4.78, 5) is 34.7. The maximum absolute atomic E-state index is 12.3. The molecule has 2 aliphatic rings. The van der Waals surface area contributed by atoms with E-state index in [1.54, 1.807) is 11.1 Å². The van der Waals surface area contributed by atoms with Gasteiger partial charge in [-0.05, 0) is 38.2 Å². The minimum atomic E-state index is -0.111. The first-order valence-electron chi connectivity index (χ1n) is 9.81. The van der Waals surface area contributed by atoms with Gasteiger partial charge in [-0.15, -0.1) is 11.3 Å². The van der Waals surface area contributed by atoms with E-state index in [1.165, 1.54) is 24.2 Å². The van der Waals surface area contributed by atoms with Gasteiger partial charge in [0.25, 0.3) is 0 Å². The normalized spacial score (nSPS) is 17.3. The van der Waals surface area contributed by atoms with Crippen LogP contribution in [0.1, 0.15) is 49.8 Å². The number of amides is 2. The largest absolute Gasteiger partial charge is 0.474 e. The standard InChI is InChI=1S/C20H24N4O3S/c25-17(11-15-13-28-20(23-15)24-10-4-8-18(24)26)22-12-14-5-3-9-21-19(14)27-16-6-1-2-7-16/h3,5,9,13,16H,1-2,4,6-8,10-12H2,(H,22,25). The molecule has 0 atom stereocenters. The first kappa shape index (κ1) is 18.9. The Kier molecular flexibility index (Phi) is 5.85. The van der Waals surface area contributed by atoms with Gasteiger partial charge in [0.05, 0.1) is 12.1 Å². The van der Waals surface area contributed by atoms with Crippen LogP contribution in [0, 0.1) is 0 Å². The maximum atomic E-state index is 12.3. The summed E-state index contributed by atoms with van der Waals surface area (Å²) >= 11 is 1.41. The van der Waals surface area contributed by atoms with Gasteiger partial charge in [0.2, 0.25) is 17.7 Å². The summed E-state index contributed by atoms with van der Waals surface area (Å²) in [5.41, 5.74) is 1.56. The highest BCUT2D eigenvalue weighted by atomic mass is 32.1. The number of nitrogens with one attached hydrogen (secondary N) is 1. The Bertz CT molecular complexity index is 847. The Balaban J connectivity index is 1.31. The molecule has 148 valence electrons. The zero-order valence-corrected chi connectivity index (χ0v) is 16.5. The van der Waals surface area contributed by atoms with Crippen molar-refractivity contribution in [1.29, 1.82) is 0 Å². The van der Waals surface area contributed by atoms with Gasteiger partial charge in [0, 0.05) is 36.7 Å². The molecule has 28 heavy (non-hydrogen) atoms. The van der Waals surface area contributed by atoms with Gasteiger partial charge < -0.3 is 10.1 Å². The third-order valence-corrected chi connectivity index (χ3v) is 6.00. The average Bonchev–Trinajstić information content (AvgIpc) is 3.43. The van der Waals surface area contributed by atoms with E-state index in [4.69, 9.17) is 4.74 Å². The monoisotopic (exact) mass is 400 g/mol. The fraction of sp³-hybridized carbons (Fsp3) is 0.500. The fourth-order valence-corrected chi connectivity index (χ4v) is 4.47. The number of anilines is 1. The van der Waals surface area contributed by atoms with Crippen molar-refractivity contribution in [3.05, 3.63) is 35.0 Å². The smallest absolute Gasteiger partial charge is 0.228 e. The zero-order chi connectivity index (χ0) is 19.3. The van der Waals surface area contributed by atoms with Crippen LogP contribution in [-0.2, 0) is 22.6 Å². The van der Waals surface area contributed by atoms with Gasteiger partial charge in [-0.2, -0.15) is 0 Å². The highest BCUT2D eigenvalue weighted by Gasteiger charge is 2.24. The Hall–Kier alpha value is -2.48. The Morgan fingerprint density at radius 2 is 2.18 bits per heavy atom. The zero-order valence-electron chi connectivity index (χ0n) is 15.7. The molecule has 2 fully saturated rings. The number of carbonyl (C=O) groups is 2.